The average molecular weight is 425 g/mol. The van der Waals surface area contributed by atoms with Crippen molar-refractivity contribution in [1.29, 1.82) is 0 Å². The molecule has 0 aromatic heterocycles. The Labute approximate surface area is 174 Å². The number of hydrogen-bond donors (Lipinski definition) is 1. The molecule has 0 aliphatic rings. The molecule has 2 rings (SSSR count). The number of benzene rings is 2. The Morgan fingerprint density at radius 3 is 2.18 bits per heavy atom. The van der Waals surface area contributed by atoms with Crippen LogP contribution in [0.2, 0.25) is 10.0 Å². The van der Waals surface area contributed by atoms with Gasteiger partial charge in [-0.05, 0) is 56.2 Å². The first-order valence-electron chi connectivity index (χ1n) is 8.95. The first kappa shape index (κ1) is 22.2. The summed E-state index contributed by atoms with van der Waals surface area (Å²) in [4.78, 5) is 27.0. The molecule has 2 amide bonds. The third kappa shape index (κ3) is 6.21. The van der Waals surface area contributed by atoms with Crippen molar-refractivity contribution < 1.29 is 14.0 Å². The molecule has 2 aromatic rings. The molecule has 150 valence electrons. The van der Waals surface area contributed by atoms with Crippen LogP contribution in [0.4, 0.5) is 4.39 Å². The highest BCUT2D eigenvalue weighted by atomic mass is 35.5. The van der Waals surface area contributed by atoms with Crippen LogP contribution in [0.3, 0.4) is 0 Å². The van der Waals surface area contributed by atoms with Crippen LogP contribution in [-0.2, 0) is 22.6 Å². The molecule has 0 spiro atoms. The van der Waals surface area contributed by atoms with Crippen molar-refractivity contribution in [3.05, 3.63) is 69.5 Å². The molecule has 0 bridgehead atoms. The van der Waals surface area contributed by atoms with Crippen LogP contribution in [0, 0.1) is 5.82 Å². The fraction of sp³-hybridized carbons (Fsp3) is 0.333. The fourth-order valence-electron chi connectivity index (χ4n) is 2.70. The van der Waals surface area contributed by atoms with Crippen molar-refractivity contribution in [3.63, 3.8) is 0 Å². The van der Waals surface area contributed by atoms with Crippen molar-refractivity contribution in [2.75, 3.05) is 0 Å². The smallest absolute Gasteiger partial charge is 0.242 e. The van der Waals surface area contributed by atoms with Gasteiger partial charge in [-0.3, -0.25) is 9.59 Å². The number of hydrogen-bond acceptors (Lipinski definition) is 2. The normalized spacial score (nSPS) is 12.0. The van der Waals surface area contributed by atoms with Gasteiger partial charge in [0.05, 0.1) is 16.5 Å². The summed E-state index contributed by atoms with van der Waals surface area (Å²) >= 11 is 12.0. The topological polar surface area (TPSA) is 49.4 Å². The van der Waals surface area contributed by atoms with Crippen LogP contribution in [0.25, 0.3) is 0 Å². The van der Waals surface area contributed by atoms with Crippen molar-refractivity contribution >= 4 is 35.0 Å². The van der Waals surface area contributed by atoms with Gasteiger partial charge in [0.1, 0.15) is 11.9 Å². The van der Waals surface area contributed by atoms with Gasteiger partial charge in [-0.25, -0.2) is 4.39 Å². The Balaban J connectivity index is 2.24. The summed E-state index contributed by atoms with van der Waals surface area (Å²) in [7, 11) is 0. The third-order valence-electron chi connectivity index (χ3n) is 4.20. The predicted molar refractivity (Wildman–Crippen MR) is 110 cm³/mol. The van der Waals surface area contributed by atoms with E-state index in [9.17, 15) is 14.0 Å². The lowest BCUT2D eigenvalue weighted by atomic mass is 10.1. The molecule has 7 heteroatoms. The maximum absolute atomic E-state index is 13.2. The zero-order valence-corrected chi connectivity index (χ0v) is 17.5. The second kappa shape index (κ2) is 9.89. The minimum absolute atomic E-state index is 0.0483. The van der Waals surface area contributed by atoms with Crippen LogP contribution in [0.15, 0.2) is 42.5 Å². The Hall–Kier alpha value is -2.11. The molecular formula is C21H23Cl2FN2O2. The van der Waals surface area contributed by atoms with Gasteiger partial charge in [0.15, 0.2) is 0 Å². The number of carbonyl (C=O) groups excluding carboxylic acids is 2. The van der Waals surface area contributed by atoms with Gasteiger partial charge in [-0.15, -0.1) is 0 Å². The maximum Gasteiger partial charge on any atom is 0.242 e. The van der Waals surface area contributed by atoms with Gasteiger partial charge < -0.3 is 10.2 Å². The molecule has 0 radical (unpaired) electrons. The minimum atomic E-state index is -0.692. The van der Waals surface area contributed by atoms with Crippen LogP contribution in [0.1, 0.15) is 31.9 Å². The van der Waals surface area contributed by atoms with E-state index in [1.54, 1.807) is 37.3 Å². The summed E-state index contributed by atoms with van der Waals surface area (Å²) in [6, 6.07) is 10.1. The zero-order valence-electron chi connectivity index (χ0n) is 16.0. The number of rotatable bonds is 7. The lowest BCUT2D eigenvalue weighted by Crippen LogP contribution is -2.49. The standard InChI is InChI=1S/C21H23Cl2FN2O2/c1-13(2)25-21(28)14(3)26(12-15-4-7-17(24)8-5-15)20(27)11-16-6-9-18(22)19(23)10-16/h4-10,13-14H,11-12H2,1-3H3,(H,25,28)/t14-/m0/s1. The Kier molecular flexibility index (Phi) is 7.84. The van der Waals surface area contributed by atoms with Gasteiger partial charge in [0, 0.05) is 12.6 Å². The number of carbonyl (C=O) groups is 2. The monoisotopic (exact) mass is 424 g/mol. The quantitative estimate of drug-likeness (QED) is 0.704. The number of nitrogens with one attached hydrogen (secondary N) is 1. The molecule has 0 fully saturated rings. The number of amides is 2. The molecule has 0 unspecified atom stereocenters. The molecule has 0 aliphatic carbocycles. The van der Waals surface area contributed by atoms with E-state index in [1.165, 1.54) is 17.0 Å². The number of halogens is 3. The van der Waals surface area contributed by atoms with Gasteiger partial charge in [-0.2, -0.15) is 0 Å². The lowest BCUT2D eigenvalue weighted by molar-refractivity contribution is -0.140. The van der Waals surface area contributed by atoms with Gasteiger partial charge in [-0.1, -0.05) is 41.4 Å². The SMILES string of the molecule is CC(C)NC(=O)[C@H](C)N(Cc1ccc(F)cc1)C(=O)Cc1ccc(Cl)c(Cl)c1. The van der Waals surface area contributed by atoms with Crippen molar-refractivity contribution in [1.82, 2.24) is 10.2 Å². The maximum atomic E-state index is 13.2. The summed E-state index contributed by atoms with van der Waals surface area (Å²) in [5, 5.41) is 3.59. The van der Waals surface area contributed by atoms with E-state index in [0.29, 0.717) is 15.6 Å². The third-order valence-corrected chi connectivity index (χ3v) is 4.94. The largest absolute Gasteiger partial charge is 0.352 e. The molecule has 0 saturated heterocycles. The molecule has 1 atom stereocenters. The van der Waals surface area contributed by atoms with Gasteiger partial charge in [0.25, 0.3) is 0 Å². The fourth-order valence-corrected chi connectivity index (χ4v) is 3.02. The molecule has 0 heterocycles. The Bertz CT molecular complexity index is 841. The van der Waals surface area contributed by atoms with E-state index in [4.69, 9.17) is 23.2 Å². The summed E-state index contributed by atoms with van der Waals surface area (Å²) in [6.07, 6.45) is 0.0668. The van der Waals surface area contributed by atoms with E-state index < -0.39 is 6.04 Å². The highest BCUT2D eigenvalue weighted by molar-refractivity contribution is 6.42. The van der Waals surface area contributed by atoms with Gasteiger partial charge in [0.2, 0.25) is 11.8 Å². The van der Waals surface area contributed by atoms with Gasteiger partial charge >= 0.3 is 0 Å². The first-order chi connectivity index (χ1) is 13.2. The zero-order chi connectivity index (χ0) is 20.8. The van der Waals surface area contributed by atoms with E-state index >= 15 is 0 Å². The van der Waals surface area contributed by atoms with Crippen molar-refractivity contribution in [3.8, 4) is 0 Å². The van der Waals surface area contributed by atoms with E-state index in [1.807, 2.05) is 13.8 Å². The predicted octanol–water partition coefficient (Wildman–Crippen LogP) is 4.62. The average Bonchev–Trinajstić information content (AvgIpc) is 2.63. The van der Waals surface area contributed by atoms with Crippen LogP contribution in [0.5, 0.6) is 0 Å². The van der Waals surface area contributed by atoms with Crippen molar-refractivity contribution in [2.24, 2.45) is 0 Å². The highest BCUT2D eigenvalue weighted by Gasteiger charge is 2.26. The molecular weight excluding hydrogens is 402 g/mol. The summed E-state index contributed by atoms with van der Waals surface area (Å²) in [6.45, 7) is 5.57. The van der Waals surface area contributed by atoms with Crippen molar-refractivity contribution in [2.45, 2.75) is 45.8 Å². The minimum Gasteiger partial charge on any atom is -0.352 e. The molecule has 0 aliphatic heterocycles. The Morgan fingerprint density at radius 2 is 1.61 bits per heavy atom. The van der Waals surface area contributed by atoms with Crippen LogP contribution >= 0.6 is 23.2 Å². The van der Waals surface area contributed by atoms with E-state index in [2.05, 4.69) is 5.32 Å². The van der Waals surface area contributed by atoms with Crippen LogP contribution < -0.4 is 5.32 Å². The second-order valence-corrected chi connectivity index (χ2v) is 7.73. The molecule has 2 aromatic carbocycles. The highest BCUT2D eigenvalue weighted by Crippen LogP contribution is 2.23. The summed E-state index contributed by atoms with van der Waals surface area (Å²) in [5.74, 6) is -0.850. The number of nitrogens with zero attached hydrogens (tertiary/aromatic N) is 1. The molecule has 0 saturated carbocycles. The summed E-state index contributed by atoms with van der Waals surface area (Å²) in [5.41, 5.74) is 1.42. The summed E-state index contributed by atoms with van der Waals surface area (Å²) < 4.78 is 13.2. The van der Waals surface area contributed by atoms with E-state index in [-0.39, 0.29) is 36.6 Å². The molecule has 1 N–H and O–H groups in total. The second-order valence-electron chi connectivity index (χ2n) is 6.91. The molecule has 4 nitrogen and oxygen atoms in total. The lowest BCUT2D eigenvalue weighted by Gasteiger charge is -2.29. The van der Waals surface area contributed by atoms with Crippen LogP contribution in [-0.4, -0.2) is 28.8 Å². The molecule has 28 heavy (non-hydrogen) atoms. The first-order valence-corrected chi connectivity index (χ1v) is 9.71. The Morgan fingerprint density at radius 1 is 1.00 bits per heavy atom. The van der Waals surface area contributed by atoms with E-state index in [0.717, 1.165) is 5.56 Å².